The molecule has 1 fully saturated rings. The number of nitrogens with one attached hydrogen (secondary N) is 1. The van der Waals surface area contributed by atoms with Crippen LogP contribution < -0.4 is 5.32 Å². The molecule has 0 aliphatic carbocycles. The number of hydrogen-bond acceptors (Lipinski definition) is 3. The Labute approximate surface area is 160 Å². The SMILES string of the molecule is CC(=O)Nc1cccc(C(=O)N2CCN(C/C=C/c3ccccc3)CC2)c1. The minimum Gasteiger partial charge on any atom is -0.336 e. The van der Waals surface area contributed by atoms with Crippen molar-refractivity contribution in [2.75, 3.05) is 38.0 Å². The maximum atomic E-state index is 12.7. The molecule has 0 atom stereocenters. The van der Waals surface area contributed by atoms with Gasteiger partial charge in [0.1, 0.15) is 0 Å². The van der Waals surface area contributed by atoms with E-state index in [0.717, 1.165) is 19.6 Å². The second kappa shape index (κ2) is 9.14. The predicted molar refractivity (Wildman–Crippen MR) is 109 cm³/mol. The first-order valence-corrected chi connectivity index (χ1v) is 9.23. The van der Waals surface area contributed by atoms with E-state index in [1.807, 2.05) is 23.1 Å². The molecule has 3 rings (SSSR count). The Bertz CT molecular complexity index is 809. The molecule has 0 radical (unpaired) electrons. The normalized spacial score (nSPS) is 15.1. The molecule has 0 unspecified atom stereocenters. The average molecular weight is 363 g/mol. The summed E-state index contributed by atoms with van der Waals surface area (Å²) in [5, 5.41) is 2.72. The molecule has 27 heavy (non-hydrogen) atoms. The van der Waals surface area contributed by atoms with Crippen molar-refractivity contribution < 1.29 is 9.59 Å². The number of hydrogen-bond donors (Lipinski definition) is 1. The molecule has 140 valence electrons. The van der Waals surface area contributed by atoms with Gasteiger partial charge in [0.05, 0.1) is 0 Å². The van der Waals surface area contributed by atoms with Gasteiger partial charge >= 0.3 is 0 Å². The lowest BCUT2D eigenvalue weighted by molar-refractivity contribution is -0.114. The summed E-state index contributed by atoms with van der Waals surface area (Å²) >= 11 is 0. The van der Waals surface area contributed by atoms with Crippen molar-refractivity contribution in [1.29, 1.82) is 0 Å². The smallest absolute Gasteiger partial charge is 0.254 e. The maximum absolute atomic E-state index is 12.7. The molecule has 0 saturated carbocycles. The summed E-state index contributed by atoms with van der Waals surface area (Å²) in [6.07, 6.45) is 4.30. The molecule has 2 amide bonds. The van der Waals surface area contributed by atoms with Crippen LogP contribution in [0.2, 0.25) is 0 Å². The summed E-state index contributed by atoms with van der Waals surface area (Å²) in [6, 6.07) is 17.4. The Hall–Kier alpha value is -2.92. The highest BCUT2D eigenvalue weighted by Gasteiger charge is 2.21. The number of anilines is 1. The van der Waals surface area contributed by atoms with Crippen LogP contribution in [0.1, 0.15) is 22.8 Å². The molecule has 2 aromatic rings. The Morgan fingerprint density at radius 2 is 1.74 bits per heavy atom. The van der Waals surface area contributed by atoms with Crippen molar-refractivity contribution in [3.05, 3.63) is 71.8 Å². The second-order valence-electron chi connectivity index (χ2n) is 6.67. The van der Waals surface area contributed by atoms with E-state index in [4.69, 9.17) is 0 Å². The van der Waals surface area contributed by atoms with E-state index in [1.54, 1.807) is 24.3 Å². The molecular weight excluding hydrogens is 338 g/mol. The fourth-order valence-corrected chi connectivity index (χ4v) is 3.15. The number of amides is 2. The topological polar surface area (TPSA) is 52.7 Å². The van der Waals surface area contributed by atoms with E-state index in [1.165, 1.54) is 12.5 Å². The van der Waals surface area contributed by atoms with Gasteiger partial charge < -0.3 is 10.2 Å². The van der Waals surface area contributed by atoms with Gasteiger partial charge in [-0.25, -0.2) is 0 Å². The first-order valence-electron chi connectivity index (χ1n) is 9.23. The van der Waals surface area contributed by atoms with Crippen molar-refractivity contribution >= 4 is 23.6 Å². The van der Waals surface area contributed by atoms with Gasteiger partial charge in [-0.2, -0.15) is 0 Å². The number of carbonyl (C=O) groups is 2. The van der Waals surface area contributed by atoms with Gasteiger partial charge in [0.15, 0.2) is 0 Å². The summed E-state index contributed by atoms with van der Waals surface area (Å²) in [4.78, 5) is 28.1. The number of nitrogens with zero attached hydrogens (tertiary/aromatic N) is 2. The van der Waals surface area contributed by atoms with Gasteiger partial charge in [0.2, 0.25) is 5.91 Å². The molecule has 0 spiro atoms. The summed E-state index contributed by atoms with van der Waals surface area (Å²) in [5.41, 5.74) is 2.46. The lowest BCUT2D eigenvalue weighted by atomic mass is 10.1. The second-order valence-corrected chi connectivity index (χ2v) is 6.67. The molecule has 2 aromatic carbocycles. The van der Waals surface area contributed by atoms with Crippen LogP contribution >= 0.6 is 0 Å². The molecule has 5 nitrogen and oxygen atoms in total. The summed E-state index contributed by atoms with van der Waals surface area (Å²) in [7, 11) is 0. The van der Waals surface area contributed by atoms with Gasteiger partial charge in [-0.1, -0.05) is 48.6 Å². The standard InChI is InChI=1S/C22H25N3O2/c1-18(26)23-21-11-5-10-20(17-21)22(27)25-15-13-24(14-16-25)12-6-9-19-7-3-2-4-8-19/h2-11,17H,12-16H2,1H3,(H,23,26)/b9-6+. The van der Waals surface area contributed by atoms with Gasteiger partial charge in [-0.3, -0.25) is 14.5 Å². The molecule has 0 aromatic heterocycles. The first kappa shape index (κ1) is 18.9. The highest BCUT2D eigenvalue weighted by atomic mass is 16.2. The van der Waals surface area contributed by atoms with Crippen molar-refractivity contribution in [1.82, 2.24) is 9.80 Å². The zero-order valence-corrected chi connectivity index (χ0v) is 15.6. The Morgan fingerprint density at radius 1 is 1.00 bits per heavy atom. The Kier molecular flexibility index (Phi) is 6.39. The van der Waals surface area contributed by atoms with Crippen LogP contribution in [-0.2, 0) is 4.79 Å². The minimum atomic E-state index is -0.142. The third-order valence-corrected chi connectivity index (χ3v) is 4.56. The zero-order valence-electron chi connectivity index (χ0n) is 15.6. The van der Waals surface area contributed by atoms with E-state index in [9.17, 15) is 9.59 Å². The van der Waals surface area contributed by atoms with Crippen LogP contribution in [0.15, 0.2) is 60.7 Å². The van der Waals surface area contributed by atoms with Gasteiger partial charge in [0, 0.05) is 50.9 Å². The van der Waals surface area contributed by atoms with Crippen LogP contribution in [0.5, 0.6) is 0 Å². The van der Waals surface area contributed by atoms with Gasteiger partial charge in [-0.15, -0.1) is 0 Å². The summed E-state index contributed by atoms with van der Waals surface area (Å²) in [6.45, 7) is 5.48. The van der Waals surface area contributed by atoms with Crippen LogP contribution in [0.4, 0.5) is 5.69 Å². The van der Waals surface area contributed by atoms with E-state index in [2.05, 4.69) is 34.5 Å². The van der Waals surface area contributed by atoms with Crippen LogP contribution in [0, 0.1) is 0 Å². The third-order valence-electron chi connectivity index (χ3n) is 4.56. The lowest BCUT2D eigenvalue weighted by Crippen LogP contribution is -2.48. The highest BCUT2D eigenvalue weighted by molar-refractivity contribution is 5.96. The molecule has 1 N–H and O–H groups in total. The van der Waals surface area contributed by atoms with Crippen molar-refractivity contribution in [2.24, 2.45) is 0 Å². The third kappa shape index (κ3) is 5.53. The lowest BCUT2D eigenvalue weighted by Gasteiger charge is -2.34. The quantitative estimate of drug-likeness (QED) is 0.888. The highest BCUT2D eigenvalue weighted by Crippen LogP contribution is 2.14. The van der Waals surface area contributed by atoms with E-state index < -0.39 is 0 Å². The predicted octanol–water partition coefficient (Wildman–Crippen LogP) is 3.12. The van der Waals surface area contributed by atoms with Crippen LogP contribution in [0.25, 0.3) is 6.08 Å². The van der Waals surface area contributed by atoms with Crippen molar-refractivity contribution in [3.8, 4) is 0 Å². The van der Waals surface area contributed by atoms with Crippen molar-refractivity contribution in [2.45, 2.75) is 6.92 Å². The van der Waals surface area contributed by atoms with Crippen LogP contribution in [-0.4, -0.2) is 54.3 Å². The summed E-state index contributed by atoms with van der Waals surface area (Å²) in [5.74, 6) is -0.126. The fraction of sp³-hybridized carbons (Fsp3) is 0.273. The van der Waals surface area contributed by atoms with E-state index in [-0.39, 0.29) is 11.8 Å². The average Bonchev–Trinajstić information content (AvgIpc) is 2.68. The number of carbonyl (C=O) groups excluding carboxylic acids is 2. The van der Waals surface area contributed by atoms with E-state index in [0.29, 0.717) is 24.3 Å². The molecule has 5 heteroatoms. The molecule has 1 aliphatic heterocycles. The first-order chi connectivity index (χ1) is 13.1. The van der Waals surface area contributed by atoms with Crippen molar-refractivity contribution in [3.63, 3.8) is 0 Å². The fourth-order valence-electron chi connectivity index (χ4n) is 3.15. The number of rotatable bonds is 5. The monoisotopic (exact) mass is 363 g/mol. The van der Waals surface area contributed by atoms with Crippen LogP contribution in [0.3, 0.4) is 0 Å². The minimum absolute atomic E-state index is 0.0154. The summed E-state index contributed by atoms with van der Waals surface area (Å²) < 4.78 is 0. The Morgan fingerprint density at radius 3 is 2.44 bits per heavy atom. The zero-order chi connectivity index (χ0) is 19.1. The Balaban J connectivity index is 1.50. The maximum Gasteiger partial charge on any atom is 0.254 e. The molecule has 1 heterocycles. The molecule has 0 bridgehead atoms. The van der Waals surface area contributed by atoms with Gasteiger partial charge in [-0.05, 0) is 23.8 Å². The molecule has 1 saturated heterocycles. The number of piperazine rings is 1. The number of benzene rings is 2. The molecular formula is C22H25N3O2. The molecule has 1 aliphatic rings. The van der Waals surface area contributed by atoms with Gasteiger partial charge in [0.25, 0.3) is 5.91 Å². The van der Waals surface area contributed by atoms with E-state index >= 15 is 0 Å². The largest absolute Gasteiger partial charge is 0.336 e.